The first-order valence-corrected chi connectivity index (χ1v) is 8.69. The number of halogens is 2. The van der Waals surface area contributed by atoms with Gasteiger partial charge in [0, 0.05) is 19.7 Å². The highest BCUT2D eigenvalue weighted by molar-refractivity contribution is 5.56. The first-order valence-electron chi connectivity index (χ1n) is 8.69. The molecule has 9 heteroatoms. The predicted molar refractivity (Wildman–Crippen MR) is 97.8 cm³/mol. The molecule has 0 saturated carbocycles. The van der Waals surface area contributed by atoms with Crippen molar-refractivity contribution in [3.8, 4) is 11.4 Å². The number of nitrogens with zero attached hydrogens (tertiary/aromatic N) is 5. The minimum Gasteiger partial charge on any atom is -0.370 e. The van der Waals surface area contributed by atoms with Crippen LogP contribution in [0.3, 0.4) is 0 Å². The Bertz CT molecular complexity index is 1050. The van der Waals surface area contributed by atoms with Crippen LogP contribution in [0.1, 0.15) is 11.7 Å². The topological polar surface area (TPSA) is 73.1 Å². The average Bonchev–Trinajstić information content (AvgIpc) is 2.71. The van der Waals surface area contributed by atoms with Crippen molar-refractivity contribution in [1.82, 2.24) is 19.5 Å². The van der Waals surface area contributed by atoms with Crippen LogP contribution in [0.5, 0.6) is 0 Å². The second-order valence-electron chi connectivity index (χ2n) is 6.41. The molecule has 0 spiro atoms. The zero-order chi connectivity index (χ0) is 19.7. The van der Waals surface area contributed by atoms with E-state index in [1.807, 2.05) is 4.90 Å². The molecular weight excluding hydrogens is 368 g/mol. The van der Waals surface area contributed by atoms with Gasteiger partial charge in [0.05, 0.1) is 19.3 Å². The monoisotopic (exact) mass is 385 g/mol. The van der Waals surface area contributed by atoms with Gasteiger partial charge in [-0.2, -0.15) is 0 Å². The third-order valence-corrected chi connectivity index (χ3v) is 4.61. The highest BCUT2D eigenvalue weighted by Gasteiger charge is 2.25. The molecule has 1 atom stereocenters. The Kier molecular flexibility index (Phi) is 4.82. The molecule has 1 unspecified atom stereocenters. The number of hydrogen-bond acceptors (Lipinski definition) is 6. The molecule has 2 aromatic heterocycles. The highest BCUT2D eigenvalue weighted by Crippen LogP contribution is 2.26. The second-order valence-corrected chi connectivity index (χ2v) is 6.41. The fourth-order valence-corrected chi connectivity index (χ4v) is 3.14. The van der Waals surface area contributed by atoms with Crippen molar-refractivity contribution in [3.05, 3.63) is 70.4 Å². The van der Waals surface area contributed by atoms with E-state index in [1.165, 1.54) is 29.1 Å². The molecule has 28 heavy (non-hydrogen) atoms. The maximum absolute atomic E-state index is 14.1. The maximum Gasteiger partial charge on any atom is 0.255 e. The quantitative estimate of drug-likeness (QED) is 0.688. The summed E-state index contributed by atoms with van der Waals surface area (Å²) in [5, 5.41) is 0. The summed E-state index contributed by atoms with van der Waals surface area (Å²) in [5.41, 5.74) is 0.608. The Hall–Kier alpha value is -3.20. The Labute approximate surface area is 159 Å². The Morgan fingerprint density at radius 1 is 1.21 bits per heavy atom. The number of morpholine rings is 1. The molecule has 1 aromatic carbocycles. The molecule has 4 rings (SSSR count). The standard InChI is InChI=1S/C19H17F2N5O2/c1-25-17(27)8-15(18-14(21)9-22-11-23-18)24-19(25)26-6-7-28-16(10-26)12-2-4-13(20)5-3-12/h2-5,8-9,11,16H,6-7,10H2,1H3. The number of benzene rings is 1. The lowest BCUT2D eigenvalue weighted by Gasteiger charge is -2.34. The fourth-order valence-electron chi connectivity index (χ4n) is 3.14. The van der Waals surface area contributed by atoms with Crippen LogP contribution in [0.15, 0.2) is 47.7 Å². The number of hydrogen-bond donors (Lipinski definition) is 0. The van der Waals surface area contributed by atoms with Crippen molar-refractivity contribution < 1.29 is 13.5 Å². The maximum atomic E-state index is 14.1. The van der Waals surface area contributed by atoms with Crippen LogP contribution < -0.4 is 10.5 Å². The van der Waals surface area contributed by atoms with Crippen molar-refractivity contribution in [2.45, 2.75) is 6.10 Å². The molecule has 0 amide bonds. The van der Waals surface area contributed by atoms with Crippen molar-refractivity contribution >= 4 is 5.95 Å². The van der Waals surface area contributed by atoms with Gasteiger partial charge in [-0.25, -0.2) is 23.7 Å². The minimum absolute atomic E-state index is 0.0303. The molecular formula is C19H17F2N5O2. The summed E-state index contributed by atoms with van der Waals surface area (Å²) >= 11 is 0. The summed E-state index contributed by atoms with van der Waals surface area (Å²) in [6.45, 7) is 1.33. The van der Waals surface area contributed by atoms with Crippen molar-refractivity contribution in [3.63, 3.8) is 0 Å². The molecule has 0 aliphatic carbocycles. The molecule has 7 nitrogen and oxygen atoms in total. The van der Waals surface area contributed by atoms with Crippen molar-refractivity contribution in [1.29, 1.82) is 0 Å². The lowest BCUT2D eigenvalue weighted by Crippen LogP contribution is -2.41. The molecule has 0 radical (unpaired) electrons. The first-order chi connectivity index (χ1) is 13.5. The van der Waals surface area contributed by atoms with Gasteiger partial charge in [0.25, 0.3) is 5.56 Å². The largest absolute Gasteiger partial charge is 0.370 e. The summed E-state index contributed by atoms with van der Waals surface area (Å²) in [7, 11) is 1.60. The Morgan fingerprint density at radius 3 is 2.75 bits per heavy atom. The lowest BCUT2D eigenvalue weighted by molar-refractivity contribution is 0.0389. The summed E-state index contributed by atoms with van der Waals surface area (Å²) in [4.78, 5) is 26.3. The molecule has 0 bridgehead atoms. The van der Waals surface area contributed by atoms with Gasteiger partial charge in [-0.1, -0.05) is 12.1 Å². The van der Waals surface area contributed by atoms with Gasteiger partial charge in [-0.3, -0.25) is 9.36 Å². The second kappa shape index (κ2) is 7.43. The van der Waals surface area contributed by atoms with Crippen LogP contribution in [0.4, 0.5) is 14.7 Å². The number of ether oxygens (including phenoxy) is 1. The van der Waals surface area contributed by atoms with Gasteiger partial charge in [0.1, 0.15) is 29.6 Å². The Morgan fingerprint density at radius 2 is 2.00 bits per heavy atom. The van der Waals surface area contributed by atoms with E-state index in [0.29, 0.717) is 25.6 Å². The number of aromatic nitrogens is 4. The molecule has 1 saturated heterocycles. The van der Waals surface area contributed by atoms with Gasteiger partial charge >= 0.3 is 0 Å². The van der Waals surface area contributed by atoms with Crippen LogP contribution >= 0.6 is 0 Å². The molecule has 1 aliphatic rings. The van der Waals surface area contributed by atoms with E-state index in [2.05, 4.69) is 15.0 Å². The van der Waals surface area contributed by atoms with Gasteiger partial charge in [-0.05, 0) is 17.7 Å². The highest BCUT2D eigenvalue weighted by atomic mass is 19.1. The average molecular weight is 385 g/mol. The van der Waals surface area contributed by atoms with E-state index < -0.39 is 5.82 Å². The normalized spacial score (nSPS) is 17.0. The predicted octanol–water partition coefficient (Wildman–Crippen LogP) is 2.09. The van der Waals surface area contributed by atoms with Gasteiger partial charge in [-0.15, -0.1) is 0 Å². The van der Waals surface area contributed by atoms with Crippen LogP contribution in [0, 0.1) is 11.6 Å². The number of rotatable bonds is 3. The summed E-state index contributed by atoms with van der Waals surface area (Å²) < 4.78 is 34.4. The lowest BCUT2D eigenvalue weighted by atomic mass is 10.1. The molecule has 3 heterocycles. The summed E-state index contributed by atoms with van der Waals surface area (Å²) in [6, 6.07) is 7.34. The molecule has 1 aliphatic heterocycles. The number of anilines is 1. The van der Waals surface area contributed by atoms with E-state index in [0.717, 1.165) is 11.8 Å². The van der Waals surface area contributed by atoms with Gasteiger partial charge in [0.2, 0.25) is 5.95 Å². The van der Waals surface area contributed by atoms with Crippen LogP contribution in [-0.2, 0) is 11.8 Å². The van der Waals surface area contributed by atoms with E-state index in [-0.39, 0.29) is 28.9 Å². The van der Waals surface area contributed by atoms with Crippen LogP contribution in [0.25, 0.3) is 11.4 Å². The third-order valence-electron chi connectivity index (χ3n) is 4.61. The fraction of sp³-hybridized carbons (Fsp3) is 0.263. The molecule has 1 fully saturated rings. The van der Waals surface area contributed by atoms with Crippen LogP contribution in [0.2, 0.25) is 0 Å². The van der Waals surface area contributed by atoms with Crippen LogP contribution in [-0.4, -0.2) is 39.2 Å². The molecule has 3 aromatic rings. The third kappa shape index (κ3) is 3.48. The smallest absolute Gasteiger partial charge is 0.255 e. The zero-order valence-electron chi connectivity index (χ0n) is 15.0. The van der Waals surface area contributed by atoms with E-state index >= 15 is 0 Å². The first kappa shape index (κ1) is 18.2. The molecule has 144 valence electrons. The van der Waals surface area contributed by atoms with Gasteiger partial charge < -0.3 is 9.64 Å². The van der Waals surface area contributed by atoms with E-state index in [9.17, 15) is 13.6 Å². The minimum atomic E-state index is -0.652. The zero-order valence-corrected chi connectivity index (χ0v) is 15.0. The van der Waals surface area contributed by atoms with Gasteiger partial charge in [0.15, 0.2) is 5.82 Å². The van der Waals surface area contributed by atoms with Crippen molar-refractivity contribution in [2.75, 3.05) is 24.6 Å². The Balaban J connectivity index is 1.69. The van der Waals surface area contributed by atoms with Crippen molar-refractivity contribution in [2.24, 2.45) is 7.05 Å². The molecule has 0 N–H and O–H groups in total. The van der Waals surface area contributed by atoms with E-state index in [4.69, 9.17) is 4.74 Å². The van der Waals surface area contributed by atoms with E-state index in [1.54, 1.807) is 19.2 Å². The summed E-state index contributed by atoms with van der Waals surface area (Å²) in [6.07, 6.45) is 1.93. The summed E-state index contributed by atoms with van der Waals surface area (Å²) in [5.74, 6) is -0.587. The SMILES string of the molecule is Cn1c(N2CCOC(c3ccc(F)cc3)C2)nc(-c2ncncc2F)cc1=O.